The predicted molar refractivity (Wildman–Crippen MR) is 90.8 cm³/mol. The van der Waals surface area contributed by atoms with E-state index in [0.717, 1.165) is 12.1 Å². The lowest BCUT2D eigenvalue weighted by Gasteiger charge is -2.23. The fourth-order valence-electron chi connectivity index (χ4n) is 2.16. The molecule has 0 aromatic heterocycles. The normalized spacial score (nSPS) is 18.0. The molecule has 2 rings (SSSR count). The highest BCUT2D eigenvalue weighted by atomic mass is 35.5. The van der Waals surface area contributed by atoms with E-state index in [9.17, 15) is 26.4 Å². The van der Waals surface area contributed by atoms with Gasteiger partial charge in [0.1, 0.15) is 6.54 Å². The van der Waals surface area contributed by atoms with Gasteiger partial charge in [-0.15, -0.1) is 12.4 Å². The number of hydrogen-bond acceptors (Lipinski definition) is 5. The standard InChI is InChI=1S/C14H18F3N3O4S.ClH/c15-14(16,17)9-19-25(22,23)12-3-1-10(2-4-12)20-13(21)7-11-8-24-6-5-18-11;/h1-4,11,18-19H,5-9H2,(H,20,21);1H. The van der Waals surface area contributed by atoms with Gasteiger partial charge in [-0.05, 0) is 24.3 Å². The van der Waals surface area contributed by atoms with E-state index < -0.39 is 22.7 Å². The van der Waals surface area contributed by atoms with Crippen molar-refractivity contribution in [3.8, 4) is 0 Å². The molecule has 1 unspecified atom stereocenters. The number of benzene rings is 1. The lowest BCUT2D eigenvalue weighted by Crippen LogP contribution is -2.43. The predicted octanol–water partition coefficient (Wildman–Crippen LogP) is 1.27. The van der Waals surface area contributed by atoms with E-state index in [-0.39, 0.29) is 35.7 Å². The maximum absolute atomic E-state index is 12.1. The quantitative estimate of drug-likeness (QED) is 0.647. The van der Waals surface area contributed by atoms with E-state index in [0.29, 0.717) is 25.4 Å². The van der Waals surface area contributed by atoms with Crippen LogP contribution in [-0.4, -0.2) is 52.8 Å². The van der Waals surface area contributed by atoms with Crippen LogP contribution in [0.2, 0.25) is 0 Å². The molecule has 12 heteroatoms. The zero-order valence-electron chi connectivity index (χ0n) is 13.5. The molecule has 0 radical (unpaired) electrons. The van der Waals surface area contributed by atoms with Crippen molar-refractivity contribution in [2.75, 3.05) is 31.6 Å². The number of nitrogens with one attached hydrogen (secondary N) is 3. The Labute approximate surface area is 155 Å². The fourth-order valence-corrected chi connectivity index (χ4v) is 3.18. The van der Waals surface area contributed by atoms with Gasteiger partial charge in [0.25, 0.3) is 0 Å². The second-order valence-corrected chi connectivity index (χ2v) is 7.21. The third-order valence-corrected chi connectivity index (χ3v) is 4.76. The molecule has 26 heavy (non-hydrogen) atoms. The first-order chi connectivity index (χ1) is 11.7. The molecule has 1 fully saturated rings. The lowest BCUT2D eigenvalue weighted by atomic mass is 10.2. The van der Waals surface area contributed by atoms with Crippen molar-refractivity contribution in [3.05, 3.63) is 24.3 Å². The van der Waals surface area contributed by atoms with Crippen LogP contribution in [0.15, 0.2) is 29.2 Å². The summed E-state index contributed by atoms with van der Waals surface area (Å²) < 4.78 is 66.6. The maximum Gasteiger partial charge on any atom is 0.402 e. The van der Waals surface area contributed by atoms with Crippen LogP contribution in [0.5, 0.6) is 0 Å². The minimum atomic E-state index is -4.64. The minimum Gasteiger partial charge on any atom is -0.378 e. The largest absolute Gasteiger partial charge is 0.402 e. The Balaban J connectivity index is 0.00000338. The van der Waals surface area contributed by atoms with Gasteiger partial charge in [-0.3, -0.25) is 4.79 Å². The second kappa shape index (κ2) is 9.51. The molecule has 1 heterocycles. The summed E-state index contributed by atoms with van der Waals surface area (Å²) >= 11 is 0. The smallest absolute Gasteiger partial charge is 0.378 e. The summed E-state index contributed by atoms with van der Waals surface area (Å²) in [5.74, 6) is -0.284. The second-order valence-electron chi connectivity index (χ2n) is 5.44. The molecular formula is C14H19ClF3N3O4S. The Bertz CT molecular complexity index is 692. The number of anilines is 1. The van der Waals surface area contributed by atoms with Crippen molar-refractivity contribution in [2.45, 2.75) is 23.5 Å². The van der Waals surface area contributed by atoms with Crippen molar-refractivity contribution < 1.29 is 31.1 Å². The van der Waals surface area contributed by atoms with Gasteiger partial charge < -0.3 is 15.4 Å². The minimum absolute atomic E-state index is 0. The number of morpholine rings is 1. The monoisotopic (exact) mass is 417 g/mol. The molecular weight excluding hydrogens is 399 g/mol. The van der Waals surface area contributed by atoms with Crippen molar-refractivity contribution in [2.24, 2.45) is 0 Å². The van der Waals surface area contributed by atoms with Crippen LogP contribution in [0.3, 0.4) is 0 Å². The molecule has 1 aliphatic heterocycles. The molecule has 1 amide bonds. The number of halogens is 4. The first kappa shape index (κ1) is 22.6. The molecule has 1 saturated heterocycles. The summed E-state index contributed by atoms with van der Waals surface area (Å²) in [5.41, 5.74) is 0.344. The van der Waals surface area contributed by atoms with Crippen molar-refractivity contribution in [1.29, 1.82) is 0 Å². The van der Waals surface area contributed by atoms with Gasteiger partial charge in [0.15, 0.2) is 0 Å². The van der Waals surface area contributed by atoms with Crippen LogP contribution in [-0.2, 0) is 19.6 Å². The van der Waals surface area contributed by atoms with Crippen LogP contribution in [0.4, 0.5) is 18.9 Å². The van der Waals surface area contributed by atoms with E-state index in [1.54, 1.807) is 0 Å². The van der Waals surface area contributed by atoms with Crippen LogP contribution in [0.1, 0.15) is 6.42 Å². The Morgan fingerprint density at radius 3 is 2.46 bits per heavy atom. The lowest BCUT2D eigenvalue weighted by molar-refractivity contribution is -0.121. The Morgan fingerprint density at radius 1 is 1.27 bits per heavy atom. The highest BCUT2D eigenvalue weighted by Crippen LogP contribution is 2.17. The van der Waals surface area contributed by atoms with Gasteiger partial charge >= 0.3 is 6.18 Å². The molecule has 0 bridgehead atoms. The van der Waals surface area contributed by atoms with E-state index >= 15 is 0 Å². The van der Waals surface area contributed by atoms with Gasteiger partial charge in [-0.25, -0.2) is 13.1 Å². The Kier molecular flexibility index (Phi) is 8.28. The third kappa shape index (κ3) is 7.46. The van der Waals surface area contributed by atoms with Gasteiger partial charge in [0.2, 0.25) is 15.9 Å². The zero-order chi connectivity index (χ0) is 18.5. The van der Waals surface area contributed by atoms with Crippen LogP contribution >= 0.6 is 12.4 Å². The number of alkyl halides is 3. The highest BCUT2D eigenvalue weighted by Gasteiger charge is 2.30. The van der Waals surface area contributed by atoms with Gasteiger partial charge in [-0.2, -0.15) is 13.2 Å². The summed E-state index contributed by atoms with van der Waals surface area (Å²) in [7, 11) is -4.27. The average molecular weight is 418 g/mol. The van der Waals surface area contributed by atoms with E-state index in [1.165, 1.54) is 16.9 Å². The topological polar surface area (TPSA) is 96.5 Å². The molecule has 3 N–H and O–H groups in total. The first-order valence-corrected chi connectivity index (χ1v) is 8.91. The first-order valence-electron chi connectivity index (χ1n) is 7.43. The summed E-state index contributed by atoms with van der Waals surface area (Å²) in [6, 6.07) is 4.77. The molecule has 1 aromatic rings. The zero-order valence-corrected chi connectivity index (χ0v) is 15.1. The molecule has 7 nitrogen and oxygen atoms in total. The molecule has 0 aliphatic carbocycles. The van der Waals surface area contributed by atoms with Crippen LogP contribution in [0.25, 0.3) is 0 Å². The summed E-state index contributed by atoms with van der Waals surface area (Å²) in [5, 5.41) is 5.72. The maximum atomic E-state index is 12.1. The highest BCUT2D eigenvalue weighted by molar-refractivity contribution is 7.89. The number of hydrogen-bond donors (Lipinski definition) is 3. The number of amides is 1. The fraction of sp³-hybridized carbons (Fsp3) is 0.500. The molecule has 1 aliphatic rings. The van der Waals surface area contributed by atoms with E-state index in [2.05, 4.69) is 10.6 Å². The summed E-state index contributed by atoms with van der Waals surface area (Å²) in [6.07, 6.45) is -4.45. The molecule has 0 spiro atoms. The summed E-state index contributed by atoms with van der Waals surface area (Å²) in [4.78, 5) is 11.6. The van der Waals surface area contributed by atoms with Gasteiger partial charge in [0.05, 0.1) is 18.1 Å². The molecule has 1 aromatic carbocycles. The van der Waals surface area contributed by atoms with Gasteiger partial charge in [0, 0.05) is 24.7 Å². The molecule has 148 valence electrons. The Morgan fingerprint density at radius 2 is 1.92 bits per heavy atom. The van der Waals surface area contributed by atoms with Gasteiger partial charge in [-0.1, -0.05) is 0 Å². The number of sulfonamides is 1. The number of ether oxygens (including phenoxy) is 1. The van der Waals surface area contributed by atoms with Crippen molar-refractivity contribution >= 4 is 34.0 Å². The van der Waals surface area contributed by atoms with Crippen molar-refractivity contribution in [1.82, 2.24) is 10.0 Å². The molecule has 1 atom stereocenters. The Hall–Kier alpha value is -1.40. The summed E-state index contributed by atoms with van der Waals surface area (Å²) in [6.45, 7) is 0.0333. The average Bonchev–Trinajstić information content (AvgIpc) is 2.54. The molecule has 0 saturated carbocycles. The number of rotatable bonds is 6. The van der Waals surface area contributed by atoms with Crippen molar-refractivity contribution in [3.63, 3.8) is 0 Å². The van der Waals surface area contributed by atoms with E-state index in [4.69, 9.17) is 4.74 Å². The van der Waals surface area contributed by atoms with Crippen LogP contribution < -0.4 is 15.4 Å². The van der Waals surface area contributed by atoms with E-state index in [1.807, 2.05) is 0 Å². The van der Waals surface area contributed by atoms with Crippen LogP contribution in [0, 0.1) is 0 Å². The third-order valence-electron chi connectivity index (χ3n) is 3.34. The SMILES string of the molecule is Cl.O=C(CC1COCCN1)Nc1ccc(S(=O)(=O)NCC(F)(F)F)cc1. The number of carbonyl (C=O) groups is 1. The number of carbonyl (C=O) groups excluding carboxylic acids is 1.